The first-order valence-electron chi connectivity index (χ1n) is 6.12. The van der Waals surface area contributed by atoms with E-state index in [-0.39, 0.29) is 6.04 Å². The molecule has 6 nitrogen and oxygen atoms in total. The highest BCUT2D eigenvalue weighted by molar-refractivity contribution is 5.60. The fourth-order valence-corrected chi connectivity index (χ4v) is 1.59. The second kappa shape index (κ2) is 6.10. The molecule has 0 saturated carbocycles. The van der Waals surface area contributed by atoms with E-state index in [4.69, 9.17) is 5.73 Å². The number of nitrogens with two attached hydrogens (primary N) is 1. The predicted molar refractivity (Wildman–Crippen MR) is 76.5 cm³/mol. The van der Waals surface area contributed by atoms with Crippen molar-refractivity contribution in [2.45, 2.75) is 13.0 Å². The summed E-state index contributed by atoms with van der Waals surface area (Å²) in [6.45, 7) is 2.62. The van der Waals surface area contributed by atoms with E-state index in [0.29, 0.717) is 6.54 Å². The number of rotatable bonds is 5. The number of hydrogen-bond donors (Lipinski definition) is 2. The average molecular weight is 258 g/mol. The SMILES string of the molecule is CC(N)CNc1cc(N(C)c2ccncc2)ncn1. The lowest BCUT2D eigenvalue weighted by Gasteiger charge is -2.18. The van der Waals surface area contributed by atoms with Crippen LogP contribution in [0.1, 0.15) is 6.92 Å². The molecule has 2 heterocycles. The monoisotopic (exact) mass is 258 g/mol. The van der Waals surface area contributed by atoms with Crippen LogP contribution in [0.4, 0.5) is 17.3 Å². The molecular formula is C13H18N6. The van der Waals surface area contributed by atoms with E-state index in [1.54, 1.807) is 12.4 Å². The van der Waals surface area contributed by atoms with Crippen molar-refractivity contribution in [2.24, 2.45) is 5.73 Å². The van der Waals surface area contributed by atoms with Crippen molar-refractivity contribution in [1.82, 2.24) is 15.0 Å². The molecule has 3 N–H and O–H groups in total. The Balaban J connectivity index is 2.14. The first kappa shape index (κ1) is 13.2. The zero-order valence-electron chi connectivity index (χ0n) is 11.1. The van der Waals surface area contributed by atoms with E-state index < -0.39 is 0 Å². The Bertz CT molecular complexity index is 514. The van der Waals surface area contributed by atoms with Crippen molar-refractivity contribution >= 4 is 17.3 Å². The van der Waals surface area contributed by atoms with Crippen LogP contribution in [0.2, 0.25) is 0 Å². The van der Waals surface area contributed by atoms with Crippen molar-refractivity contribution in [3.63, 3.8) is 0 Å². The van der Waals surface area contributed by atoms with Crippen molar-refractivity contribution in [1.29, 1.82) is 0 Å². The summed E-state index contributed by atoms with van der Waals surface area (Å²) in [4.78, 5) is 14.4. The van der Waals surface area contributed by atoms with E-state index in [2.05, 4.69) is 20.3 Å². The Morgan fingerprint density at radius 3 is 2.74 bits per heavy atom. The molecule has 100 valence electrons. The van der Waals surface area contributed by atoms with Crippen molar-refractivity contribution < 1.29 is 0 Å². The Kier molecular flexibility index (Phi) is 4.25. The van der Waals surface area contributed by atoms with Crippen LogP contribution in [0.3, 0.4) is 0 Å². The summed E-state index contributed by atoms with van der Waals surface area (Å²) in [6.07, 6.45) is 5.04. The van der Waals surface area contributed by atoms with Gasteiger partial charge >= 0.3 is 0 Å². The molecule has 19 heavy (non-hydrogen) atoms. The first-order chi connectivity index (χ1) is 9.16. The van der Waals surface area contributed by atoms with Crippen molar-refractivity contribution in [2.75, 3.05) is 23.8 Å². The molecule has 0 aliphatic carbocycles. The van der Waals surface area contributed by atoms with Gasteiger partial charge in [-0.25, -0.2) is 9.97 Å². The Morgan fingerprint density at radius 2 is 2.05 bits per heavy atom. The maximum absolute atomic E-state index is 5.71. The topological polar surface area (TPSA) is 80.0 Å². The van der Waals surface area contributed by atoms with Gasteiger partial charge in [0.2, 0.25) is 0 Å². The molecule has 0 fully saturated rings. The summed E-state index contributed by atoms with van der Waals surface area (Å²) < 4.78 is 0. The molecule has 2 aromatic rings. The number of nitrogens with zero attached hydrogens (tertiary/aromatic N) is 4. The molecule has 0 radical (unpaired) electrons. The van der Waals surface area contributed by atoms with Gasteiger partial charge in [0.25, 0.3) is 0 Å². The number of pyridine rings is 1. The number of hydrogen-bond acceptors (Lipinski definition) is 6. The molecule has 2 aromatic heterocycles. The van der Waals surface area contributed by atoms with Gasteiger partial charge in [-0.2, -0.15) is 0 Å². The van der Waals surface area contributed by atoms with Gasteiger partial charge < -0.3 is 16.0 Å². The third kappa shape index (κ3) is 3.62. The normalized spacial score (nSPS) is 11.9. The molecule has 0 bridgehead atoms. The highest BCUT2D eigenvalue weighted by Crippen LogP contribution is 2.21. The molecular weight excluding hydrogens is 240 g/mol. The molecule has 6 heteroatoms. The van der Waals surface area contributed by atoms with Gasteiger partial charge in [-0.15, -0.1) is 0 Å². The van der Waals surface area contributed by atoms with E-state index >= 15 is 0 Å². The fraction of sp³-hybridized carbons (Fsp3) is 0.308. The van der Waals surface area contributed by atoms with Crippen LogP contribution in [0, 0.1) is 0 Å². The first-order valence-corrected chi connectivity index (χ1v) is 6.12. The van der Waals surface area contributed by atoms with E-state index in [1.807, 2.05) is 37.1 Å². The minimum Gasteiger partial charge on any atom is -0.368 e. The lowest BCUT2D eigenvalue weighted by Crippen LogP contribution is -2.25. The summed E-state index contributed by atoms with van der Waals surface area (Å²) in [7, 11) is 1.95. The van der Waals surface area contributed by atoms with Crippen molar-refractivity contribution in [3.05, 3.63) is 36.9 Å². The molecule has 0 aromatic carbocycles. The quantitative estimate of drug-likeness (QED) is 0.844. The van der Waals surface area contributed by atoms with Crippen LogP contribution in [-0.4, -0.2) is 34.6 Å². The minimum absolute atomic E-state index is 0.0799. The van der Waals surface area contributed by atoms with Gasteiger partial charge in [-0.1, -0.05) is 0 Å². The van der Waals surface area contributed by atoms with Crippen LogP contribution in [0.5, 0.6) is 0 Å². The van der Waals surface area contributed by atoms with Crippen LogP contribution < -0.4 is 16.0 Å². The van der Waals surface area contributed by atoms with Crippen LogP contribution in [0.15, 0.2) is 36.9 Å². The largest absolute Gasteiger partial charge is 0.368 e. The van der Waals surface area contributed by atoms with Gasteiger partial charge in [0.05, 0.1) is 0 Å². The standard InChI is InChI=1S/C13H18N6/c1-10(14)8-16-12-7-13(18-9-17-12)19(2)11-3-5-15-6-4-11/h3-7,9-10H,8,14H2,1-2H3,(H,16,17,18). The number of nitrogens with one attached hydrogen (secondary N) is 1. The summed E-state index contributed by atoms with van der Waals surface area (Å²) >= 11 is 0. The maximum atomic E-state index is 5.71. The van der Waals surface area contributed by atoms with Gasteiger partial charge in [-0.3, -0.25) is 4.98 Å². The molecule has 0 spiro atoms. The zero-order chi connectivity index (χ0) is 13.7. The van der Waals surface area contributed by atoms with Gasteiger partial charge in [0.1, 0.15) is 18.0 Å². The minimum atomic E-state index is 0.0799. The Hall–Kier alpha value is -2.21. The van der Waals surface area contributed by atoms with Gasteiger partial charge in [0.15, 0.2) is 0 Å². The number of aromatic nitrogens is 3. The summed E-state index contributed by atoms with van der Waals surface area (Å²) in [5.74, 6) is 1.58. The summed E-state index contributed by atoms with van der Waals surface area (Å²) in [5, 5.41) is 3.18. The smallest absolute Gasteiger partial charge is 0.138 e. The van der Waals surface area contributed by atoms with Crippen LogP contribution in [-0.2, 0) is 0 Å². The second-order valence-electron chi connectivity index (χ2n) is 4.38. The Labute approximate surface area is 112 Å². The molecule has 1 unspecified atom stereocenters. The summed E-state index contributed by atoms with van der Waals surface area (Å²) in [5.41, 5.74) is 6.73. The second-order valence-corrected chi connectivity index (χ2v) is 4.38. The third-order valence-corrected chi connectivity index (χ3v) is 2.65. The third-order valence-electron chi connectivity index (χ3n) is 2.65. The van der Waals surface area contributed by atoms with Gasteiger partial charge in [0, 0.05) is 43.8 Å². The average Bonchev–Trinajstić information content (AvgIpc) is 2.45. The lowest BCUT2D eigenvalue weighted by molar-refractivity contribution is 0.777. The fourth-order valence-electron chi connectivity index (χ4n) is 1.59. The molecule has 0 aliphatic heterocycles. The highest BCUT2D eigenvalue weighted by Gasteiger charge is 2.06. The van der Waals surface area contributed by atoms with E-state index in [0.717, 1.165) is 17.3 Å². The molecule has 0 aliphatic rings. The lowest BCUT2D eigenvalue weighted by atomic mass is 10.3. The molecule has 0 amide bonds. The van der Waals surface area contributed by atoms with E-state index in [9.17, 15) is 0 Å². The molecule has 2 rings (SSSR count). The summed E-state index contributed by atoms with van der Waals surface area (Å²) in [6, 6.07) is 5.83. The molecule has 1 atom stereocenters. The zero-order valence-corrected chi connectivity index (χ0v) is 11.1. The van der Waals surface area contributed by atoms with Gasteiger partial charge in [-0.05, 0) is 19.1 Å². The maximum Gasteiger partial charge on any atom is 0.138 e. The highest BCUT2D eigenvalue weighted by atomic mass is 15.2. The Morgan fingerprint density at radius 1 is 1.32 bits per heavy atom. The molecule has 0 saturated heterocycles. The predicted octanol–water partition coefficient (Wildman–Crippen LogP) is 1.40. The number of anilines is 3. The van der Waals surface area contributed by atoms with Crippen LogP contribution in [0.25, 0.3) is 0 Å². The van der Waals surface area contributed by atoms with E-state index in [1.165, 1.54) is 6.33 Å². The van der Waals surface area contributed by atoms with Crippen LogP contribution >= 0.6 is 0 Å². The van der Waals surface area contributed by atoms with Crippen molar-refractivity contribution in [3.8, 4) is 0 Å².